The first-order chi connectivity index (χ1) is 17.4. The first kappa shape index (κ1) is 29.8. The second-order valence-electron chi connectivity index (χ2n) is 7.76. The van der Waals surface area contributed by atoms with Gasteiger partial charge in [-0.3, -0.25) is 14.2 Å². The standard InChI is InChI=1S/C24H25N3O2S3.2C2H6/c1-4-30-18-8-5-16(6-9-18)11-22(28)26-17-7-10-20-21(12-17)32-24(29)27(20)14-19-13-25-23(31-19)15(2)3;2*1-2/h5-10,12-13,15H,4,11,14H2,1-3H3,(H,26,28);2*1-2H3. The summed E-state index contributed by atoms with van der Waals surface area (Å²) in [5.74, 6) is 1.33. The fourth-order valence-corrected chi connectivity index (χ4v) is 5.87. The molecule has 2 heterocycles. The predicted molar refractivity (Wildman–Crippen MR) is 159 cm³/mol. The summed E-state index contributed by atoms with van der Waals surface area (Å²) in [7, 11) is 0. The first-order valence-corrected chi connectivity index (χ1v) is 15.1. The van der Waals surface area contributed by atoms with Gasteiger partial charge in [0.1, 0.15) is 0 Å². The number of nitrogens with zero attached hydrogens (tertiary/aromatic N) is 2. The van der Waals surface area contributed by atoms with Gasteiger partial charge in [-0.05, 0) is 41.6 Å². The molecular weight excluding hydrogens is 507 g/mol. The number of thiazole rings is 2. The van der Waals surface area contributed by atoms with E-state index in [1.165, 1.54) is 16.2 Å². The summed E-state index contributed by atoms with van der Waals surface area (Å²) >= 11 is 4.63. The Morgan fingerprint density at radius 3 is 2.36 bits per heavy atom. The van der Waals surface area contributed by atoms with Crippen molar-refractivity contribution in [2.75, 3.05) is 11.1 Å². The molecule has 1 amide bonds. The summed E-state index contributed by atoms with van der Waals surface area (Å²) in [6, 6.07) is 13.7. The van der Waals surface area contributed by atoms with E-state index in [0.717, 1.165) is 31.4 Å². The summed E-state index contributed by atoms with van der Waals surface area (Å²) in [5, 5.41) is 4.04. The second kappa shape index (κ2) is 15.0. The molecule has 194 valence electrons. The topological polar surface area (TPSA) is 64.0 Å². The first-order valence-electron chi connectivity index (χ1n) is 12.5. The summed E-state index contributed by atoms with van der Waals surface area (Å²) < 4.78 is 2.64. The second-order valence-corrected chi connectivity index (χ2v) is 11.2. The van der Waals surface area contributed by atoms with Gasteiger partial charge in [-0.25, -0.2) is 4.98 Å². The van der Waals surface area contributed by atoms with Crippen LogP contribution in [0.2, 0.25) is 0 Å². The maximum Gasteiger partial charge on any atom is 0.308 e. The van der Waals surface area contributed by atoms with Crippen LogP contribution in [0.4, 0.5) is 5.69 Å². The Kier molecular flexibility index (Phi) is 12.4. The van der Waals surface area contributed by atoms with Crippen molar-refractivity contribution in [2.24, 2.45) is 0 Å². The molecule has 0 unspecified atom stereocenters. The number of rotatable bonds is 8. The Balaban J connectivity index is 0.00000109. The zero-order valence-corrected chi connectivity index (χ0v) is 24.7. The largest absolute Gasteiger partial charge is 0.326 e. The number of anilines is 1. The average Bonchev–Trinajstić information content (AvgIpc) is 3.47. The van der Waals surface area contributed by atoms with Gasteiger partial charge in [-0.2, -0.15) is 0 Å². The maximum atomic E-state index is 12.6. The van der Waals surface area contributed by atoms with Gasteiger partial charge < -0.3 is 5.32 Å². The molecule has 0 bridgehead atoms. The number of carbonyl (C=O) groups excluding carboxylic acids is 1. The Hall–Kier alpha value is -2.42. The fraction of sp³-hybridized carbons (Fsp3) is 0.393. The van der Waals surface area contributed by atoms with Crippen molar-refractivity contribution in [1.29, 1.82) is 0 Å². The van der Waals surface area contributed by atoms with Crippen molar-refractivity contribution in [2.45, 2.75) is 72.2 Å². The van der Waals surface area contributed by atoms with E-state index in [1.807, 2.05) is 64.2 Å². The van der Waals surface area contributed by atoms with Gasteiger partial charge in [0.15, 0.2) is 0 Å². The molecule has 2 aromatic carbocycles. The van der Waals surface area contributed by atoms with Crippen molar-refractivity contribution in [3.05, 3.63) is 73.8 Å². The van der Waals surface area contributed by atoms with E-state index >= 15 is 0 Å². The highest BCUT2D eigenvalue weighted by molar-refractivity contribution is 7.99. The smallest absolute Gasteiger partial charge is 0.308 e. The molecule has 0 aliphatic rings. The van der Waals surface area contributed by atoms with Crippen molar-refractivity contribution in [3.63, 3.8) is 0 Å². The molecule has 4 aromatic rings. The molecule has 0 spiro atoms. The zero-order chi connectivity index (χ0) is 26.7. The van der Waals surface area contributed by atoms with Crippen LogP contribution in [-0.2, 0) is 17.8 Å². The Morgan fingerprint density at radius 1 is 1.06 bits per heavy atom. The summed E-state index contributed by atoms with van der Waals surface area (Å²) in [6.07, 6.45) is 2.17. The van der Waals surface area contributed by atoms with Gasteiger partial charge in [0, 0.05) is 27.6 Å². The van der Waals surface area contributed by atoms with Crippen LogP contribution in [0.1, 0.15) is 69.8 Å². The minimum absolute atomic E-state index is 0.00647. The van der Waals surface area contributed by atoms with Crippen molar-refractivity contribution < 1.29 is 4.79 Å². The quantitative estimate of drug-likeness (QED) is 0.228. The lowest BCUT2D eigenvalue weighted by Crippen LogP contribution is -2.14. The fourth-order valence-electron chi connectivity index (χ4n) is 3.37. The number of hydrogen-bond acceptors (Lipinski definition) is 6. The molecular formula is C28H37N3O2S3. The maximum absolute atomic E-state index is 12.6. The third kappa shape index (κ3) is 8.05. The number of thioether (sulfide) groups is 1. The number of hydrogen-bond donors (Lipinski definition) is 1. The van der Waals surface area contributed by atoms with Crippen LogP contribution in [-0.4, -0.2) is 21.2 Å². The van der Waals surface area contributed by atoms with Crippen LogP contribution in [0.5, 0.6) is 0 Å². The van der Waals surface area contributed by atoms with E-state index in [9.17, 15) is 9.59 Å². The molecule has 0 atom stereocenters. The highest BCUT2D eigenvalue weighted by Gasteiger charge is 2.13. The normalized spacial score (nSPS) is 10.4. The molecule has 0 radical (unpaired) electrons. The number of fused-ring (bicyclic) bond motifs is 1. The van der Waals surface area contributed by atoms with Crippen LogP contribution in [0.15, 0.2) is 58.4 Å². The molecule has 4 rings (SSSR count). The number of carbonyl (C=O) groups is 1. The van der Waals surface area contributed by atoms with Crippen LogP contribution >= 0.6 is 34.4 Å². The van der Waals surface area contributed by atoms with E-state index < -0.39 is 0 Å². The van der Waals surface area contributed by atoms with Gasteiger partial charge in [-0.15, -0.1) is 23.1 Å². The van der Waals surface area contributed by atoms with Crippen molar-refractivity contribution >= 4 is 56.2 Å². The molecule has 0 aliphatic heterocycles. The van der Waals surface area contributed by atoms with Crippen LogP contribution in [0, 0.1) is 0 Å². The van der Waals surface area contributed by atoms with Crippen molar-refractivity contribution in [1.82, 2.24) is 9.55 Å². The van der Waals surface area contributed by atoms with Crippen LogP contribution in [0.3, 0.4) is 0 Å². The lowest BCUT2D eigenvalue weighted by atomic mass is 10.1. The summed E-state index contributed by atoms with van der Waals surface area (Å²) in [4.78, 5) is 31.8. The third-order valence-electron chi connectivity index (χ3n) is 4.93. The van der Waals surface area contributed by atoms with E-state index in [2.05, 4.69) is 43.2 Å². The lowest BCUT2D eigenvalue weighted by Gasteiger charge is -2.07. The van der Waals surface area contributed by atoms with Gasteiger partial charge in [0.25, 0.3) is 0 Å². The zero-order valence-electron chi connectivity index (χ0n) is 22.3. The number of nitrogens with one attached hydrogen (secondary N) is 1. The molecule has 2 aromatic heterocycles. The van der Waals surface area contributed by atoms with Gasteiger partial charge in [-0.1, -0.05) is 71.9 Å². The molecule has 8 heteroatoms. The highest BCUT2D eigenvalue weighted by atomic mass is 32.2. The molecule has 0 fully saturated rings. The molecule has 0 saturated carbocycles. The van der Waals surface area contributed by atoms with Crippen LogP contribution < -0.4 is 10.2 Å². The molecule has 0 aliphatic carbocycles. The Labute approximate surface area is 227 Å². The van der Waals surface area contributed by atoms with Gasteiger partial charge in [0.2, 0.25) is 5.91 Å². The monoisotopic (exact) mass is 543 g/mol. The lowest BCUT2D eigenvalue weighted by molar-refractivity contribution is -0.115. The molecule has 36 heavy (non-hydrogen) atoms. The van der Waals surface area contributed by atoms with E-state index in [4.69, 9.17) is 0 Å². The Bertz CT molecular complexity index is 1290. The van der Waals surface area contributed by atoms with Gasteiger partial charge >= 0.3 is 4.87 Å². The van der Waals surface area contributed by atoms with Crippen LogP contribution in [0.25, 0.3) is 10.2 Å². The van der Waals surface area contributed by atoms with Crippen molar-refractivity contribution in [3.8, 4) is 0 Å². The number of benzene rings is 2. The molecule has 5 nitrogen and oxygen atoms in total. The summed E-state index contributed by atoms with van der Waals surface area (Å²) in [5.41, 5.74) is 2.56. The minimum Gasteiger partial charge on any atom is -0.326 e. The third-order valence-corrected chi connectivity index (χ3v) is 8.05. The summed E-state index contributed by atoms with van der Waals surface area (Å²) in [6.45, 7) is 14.9. The highest BCUT2D eigenvalue weighted by Crippen LogP contribution is 2.26. The minimum atomic E-state index is -0.0714. The Morgan fingerprint density at radius 2 is 1.75 bits per heavy atom. The number of aromatic nitrogens is 2. The average molecular weight is 544 g/mol. The SMILES string of the molecule is CC.CC.CCSc1ccc(CC(=O)Nc2ccc3c(c2)sc(=O)n3Cc2cnc(C(C)C)s2)cc1. The predicted octanol–water partition coefficient (Wildman–Crippen LogP) is 8.04. The van der Waals surface area contributed by atoms with E-state index in [0.29, 0.717) is 24.6 Å². The van der Waals surface area contributed by atoms with Gasteiger partial charge in [0.05, 0.1) is 28.2 Å². The molecule has 1 N–H and O–H groups in total. The van der Waals surface area contributed by atoms with E-state index in [-0.39, 0.29) is 10.8 Å². The number of amides is 1. The molecule has 0 saturated heterocycles. The van der Waals surface area contributed by atoms with E-state index in [1.54, 1.807) is 27.7 Å².